The van der Waals surface area contributed by atoms with E-state index >= 15 is 0 Å². The highest BCUT2D eigenvalue weighted by molar-refractivity contribution is 6.00. The predicted octanol–water partition coefficient (Wildman–Crippen LogP) is 1.92. The number of hydrogen-bond acceptors (Lipinski definition) is 5. The van der Waals surface area contributed by atoms with Crippen molar-refractivity contribution in [2.75, 3.05) is 0 Å². The van der Waals surface area contributed by atoms with Gasteiger partial charge >= 0.3 is 0 Å². The molecule has 0 aliphatic carbocycles. The van der Waals surface area contributed by atoms with Crippen LogP contribution in [-0.4, -0.2) is 47.6 Å². The van der Waals surface area contributed by atoms with Gasteiger partial charge in [0.1, 0.15) is 5.56 Å². The van der Waals surface area contributed by atoms with Crippen LogP contribution in [0.4, 0.5) is 4.39 Å². The first-order valence-electron chi connectivity index (χ1n) is 9.01. The highest BCUT2D eigenvalue weighted by Crippen LogP contribution is 2.46. The number of pyridine rings is 1. The number of carbonyl (C=O) groups excluding carboxylic acids is 1. The maximum atomic E-state index is 14.2. The van der Waals surface area contributed by atoms with Gasteiger partial charge in [0.15, 0.2) is 5.65 Å². The number of fused-ring (bicyclic) bond motifs is 3. The maximum absolute atomic E-state index is 14.2. The van der Waals surface area contributed by atoms with Gasteiger partial charge in [0.25, 0.3) is 5.91 Å². The van der Waals surface area contributed by atoms with Gasteiger partial charge in [0.2, 0.25) is 5.95 Å². The van der Waals surface area contributed by atoms with E-state index in [-0.39, 0.29) is 23.6 Å². The quantitative estimate of drug-likeness (QED) is 0.700. The van der Waals surface area contributed by atoms with Crippen LogP contribution in [-0.2, 0) is 5.60 Å². The van der Waals surface area contributed by atoms with Gasteiger partial charge in [-0.25, -0.2) is 14.5 Å². The first-order chi connectivity index (χ1) is 13.1. The molecule has 3 aromatic rings. The summed E-state index contributed by atoms with van der Waals surface area (Å²) in [4.78, 5) is 23.0. The lowest BCUT2D eigenvalue weighted by molar-refractivity contribution is -0.0504. The molecule has 2 saturated heterocycles. The minimum absolute atomic E-state index is 0.134. The molecule has 1 N–H and O–H groups in total. The first-order valence-corrected chi connectivity index (χ1v) is 9.01. The van der Waals surface area contributed by atoms with Crippen molar-refractivity contribution in [1.29, 1.82) is 0 Å². The van der Waals surface area contributed by atoms with Crippen LogP contribution in [0, 0.1) is 5.95 Å². The van der Waals surface area contributed by atoms with Crippen LogP contribution in [0.5, 0.6) is 0 Å². The van der Waals surface area contributed by atoms with Crippen LogP contribution in [0.1, 0.15) is 41.6 Å². The molecule has 3 aromatic heterocycles. The van der Waals surface area contributed by atoms with E-state index in [1.165, 1.54) is 12.4 Å². The lowest BCUT2D eigenvalue weighted by atomic mass is 9.81. The molecule has 0 saturated carbocycles. The predicted molar refractivity (Wildman–Crippen MR) is 93.3 cm³/mol. The second kappa shape index (κ2) is 5.82. The second-order valence-corrected chi connectivity index (χ2v) is 7.33. The molecular formula is C19H18FN5O2. The number of amides is 1. The molecule has 5 rings (SSSR count). The molecule has 0 unspecified atom stereocenters. The minimum atomic E-state index is -1.31. The van der Waals surface area contributed by atoms with Crippen molar-refractivity contribution in [2.45, 2.75) is 43.4 Å². The average Bonchev–Trinajstić information content (AvgIpc) is 3.21. The van der Waals surface area contributed by atoms with E-state index in [1.54, 1.807) is 35.1 Å². The monoisotopic (exact) mass is 367 g/mol. The van der Waals surface area contributed by atoms with Crippen molar-refractivity contribution in [3.63, 3.8) is 0 Å². The Bertz CT molecular complexity index is 1020. The number of halogens is 1. The zero-order valence-electron chi connectivity index (χ0n) is 14.5. The van der Waals surface area contributed by atoms with Gasteiger partial charge in [0, 0.05) is 49.1 Å². The Balaban J connectivity index is 1.47. The van der Waals surface area contributed by atoms with Crippen molar-refractivity contribution in [1.82, 2.24) is 24.5 Å². The lowest BCUT2D eigenvalue weighted by Crippen LogP contribution is -2.52. The summed E-state index contributed by atoms with van der Waals surface area (Å²) in [6.07, 6.45) is 8.44. The molecule has 5 heterocycles. The Morgan fingerprint density at radius 1 is 1.19 bits per heavy atom. The summed E-state index contributed by atoms with van der Waals surface area (Å²) >= 11 is 0. The number of carbonyl (C=O) groups is 1. The van der Waals surface area contributed by atoms with E-state index in [0.29, 0.717) is 24.1 Å². The topological polar surface area (TPSA) is 83.6 Å². The van der Waals surface area contributed by atoms with E-state index in [9.17, 15) is 14.3 Å². The number of piperidine rings is 1. The first kappa shape index (κ1) is 16.3. The molecular weight excluding hydrogens is 349 g/mol. The lowest BCUT2D eigenvalue weighted by Gasteiger charge is -2.43. The van der Waals surface area contributed by atoms with Gasteiger partial charge in [-0.2, -0.15) is 9.49 Å². The summed E-state index contributed by atoms with van der Waals surface area (Å²) in [5.74, 6) is -0.782. The normalized spacial score (nSPS) is 27.3. The van der Waals surface area contributed by atoms with Gasteiger partial charge in [-0.05, 0) is 25.0 Å². The fourth-order valence-electron chi connectivity index (χ4n) is 4.63. The smallest absolute Gasteiger partial charge is 0.259 e. The Labute approximate surface area is 154 Å². The Morgan fingerprint density at radius 3 is 2.67 bits per heavy atom. The van der Waals surface area contributed by atoms with E-state index in [2.05, 4.69) is 15.1 Å². The van der Waals surface area contributed by atoms with Crippen LogP contribution in [0.25, 0.3) is 5.65 Å². The van der Waals surface area contributed by atoms with Crippen molar-refractivity contribution < 1.29 is 14.3 Å². The summed E-state index contributed by atoms with van der Waals surface area (Å²) < 4.78 is 15.7. The molecule has 2 aliphatic rings. The van der Waals surface area contributed by atoms with Crippen molar-refractivity contribution >= 4 is 11.6 Å². The molecule has 2 bridgehead atoms. The highest BCUT2D eigenvalue weighted by atomic mass is 19.1. The van der Waals surface area contributed by atoms with Crippen LogP contribution in [0.15, 0.2) is 43.0 Å². The third kappa shape index (κ3) is 2.43. The largest absolute Gasteiger partial charge is 0.385 e. The second-order valence-electron chi connectivity index (χ2n) is 7.33. The molecule has 7 nitrogen and oxygen atoms in total. The van der Waals surface area contributed by atoms with Gasteiger partial charge in [-0.3, -0.25) is 4.79 Å². The zero-order chi connectivity index (χ0) is 18.6. The van der Waals surface area contributed by atoms with Crippen LogP contribution < -0.4 is 0 Å². The Hall–Kier alpha value is -2.87. The van der Waals surface area contributed by atoms with Crippen LogP contribution in [0.3, 0.4) is 0 Å². The van der Waals surface area contributed by atoms with Gasteiger partial charge in [0.05, 0.1) is 11.8 Å². The van der Waals surface area contributed by atoms with Crippen molar-refractivity contribution in [2.24, 2.45) is 0 Å². The van der Waals surface area contributed by atoms with E-state index < -0.39 is 11.5 Å². The summed E-state index contributed by atoms with van der Waals surface area (Å²) in [5.41, 5.74) is -0.126. The van der Waals surface area contributed by atoms with E-state index in [1.807, 2.05) is 4.90 Å². The fraction of sp³-hybridized carbons (Fsp3) is 0.368. The molecule has 0 aromatic carbocycles. The zero-order valence-corrected chi connectivity index (χ0v) is 14.5. The molecule has 2 aliphatic heterocycles. The molecule has 0 radical (unpaired) electrons. The molecule has 27 heavy (non-hydrogen) atoms. The third-order valence-corrected chi connectivity index (χ3v) is 5.77. The summed E-state index contributed by atoms with van der Waals surface area (Å²) in [5, 5.41) is 15.4. The number of rotatable bonds is 2. The molecule has 8 heteroatoms. The van der Waals surface area contributed by atoms with E-state index in [4.69, 9.17) is 0 Å². The summed E-state index contributed by atoms with van der Waals surface area (Å²) in [6.45, 7) is 0. The highest BCUT2D eigenvalue weighted by Gasteiger charge is 2.51. The summed E-state index contributed by atoms with van der Waals surface area (Å²) in [7, 11) is 0. The van der Waals surface area contributed by atoms with Gasteiger partial charge in [-0.1, -0.05) is 6.07 Å². The molecule has 1 amide bonds. The molecule has 0 spiro atoms. The Morgan fingerprint density at radius 2 is 1.93 bits per heavy atom. The van der Waals surface area contributed by atoms with Crippen molar-refractivity contribution in [3.05, 3.63) is 60.1 Å². The minimum Gasteiger partial charge on any atom is -0.385 e. The Kier molecular flexibility index (Phi) is 3.51. The number of aromatic nitrogens is 4. The third-order valence-electron chi connectivity index (χ3n) is 5.77. The van der Waals surface area contributed by atoms with Crippen LogP contribution in [0.2, 0.25) is 0 Å². The van der Waals surface area contributed by atoms with Crippen LogP contribution >= 0.6 is 0 Å². The SMILES string of the molecule is O=C(c1cnn2cccnc12)N1[C@@H]2CC[C@@H]1CC(O)(c1cccnc1F)C2. The van der Waals surface area contributed by atoms with Gasteiger partial charge < -0.3 is 10.0 Å². The summed E-state index contributed by atoms with van der Waals surface area (Å²) in [6, 6.07) is 4.65. The average molecular weight is 367 g/mol. The van der Waals surface area contributed by atoms with Gasteiger partial charge in [-0.15, -0.1) is 0 Å². The maximum Gasteiger partial charge on any atom is 0.259 e. The van der Waals surface area contributed by atoms with E-state index in [0.717, 1.165) is 12.8 Å². The molecule has 2 fully saturated rings. The van der Waals surface area contributed by atoms with Crippen molar-refractivity contribution in [3.8, 4) is 0 Å². The fourth-order valence-corrected chi connectivity index (χ4v) is 4.63. The standard InChI is InChI=1S/C19H18FN5O2/c20-16-15(3-1-6-21-16)19(27)9-12-4-5-13(10-19)25(12)18(26)14-11-23-24-8-2-7-22-17(14)24/h1-3,6-8,11-13,27H,4-5,9-10H2/t12-,13-/m1/s1. The number of nitrogens with zero attached hydrogens (tertiary/aromatic N) is 5. The number of hydrogen-bond donors (Lipinski definition) is 1. The number of aliphatic hydroxyl groups is 1. The molecule has 2 atom stereocenters. The molecule has 138 valence electrons.